The van der Waals surface area contributed by atoms with Crippen molar-refractivity contribution in [3.05, 3.63) is 56.7 Å². The Labute approximate surface area is 117 Å². The van der Waals surface area contributed by atoms with Gasteiger partial charge in [-0.2, -0.15) is 0 Å². The van der Waals surface area contributed by atoms with Gasteiger partial charge < -0.3 is 4.90 Å². The number of hydrogen-bond acceptors (Lipinski definition) is 2. The Hall–Kier alpha value is -0.830. The summed E-state index contributed by atoms with van der Waals surface area (Å²) in [6.07, 6.45) is 1.11. The van der Waals surface area contributed by atoms with E-state index in [9.17, 15) is 0 Å². The van der Waals surface area contributed by atoms with Gasteiger partial charge in [0.05, 0.1) is 4.34 Å². The predicted molar refractivity (Wildman–Crippen MR) is 78.8 cm³/mol. The number of fused-ring (bicyclic) bond motifs is 1. The summed E-state index contributed by atoms with van der Waals surface area (Å²) in [7, 11) is 2.20. The largest absolute Gasteiger partial charge is 0.305 e. The van der Waals surface area contributed by atoms with Gasteiger partial charge in [0.15, 0.2) is 0 Å². The van der Waals surface area contributed by atoms with Crippen LogP contribution in [-0.2, 0) is 6.42 Å². The maximum atomic E-state index is 6.20. The summed E-state index contributed by atoms with van der Waals surface area (Å²) in [6, 6.07) is 12.9. The van der Waals surface area contributed by atoms with Gasteiger partial charge in [0.2, 0.25) is 0 Å². The van der Waals surface area contributed by atoms with Crippen molar-refractivity contribution < 1.29 is 0 Å². The third-order valence-electron chi connectivity index (χ3n) is 3.59. The lowest BCUT2D eigenvalue weighted by Gasteiger charge is -2.20. The maximum Gasteiger partial charge on any atom is 0.0934 e. The fraction of sp³-hybridized carbons (Fsp3) is 0.333. The second-order valence-corrected chi connectivity index (χ2v) is 6.63. The van der Waals surface area contributed by atoms with Crippen molar-refractivity contribution in [2.24, 2.45) is 0 Å². The molecule has 3 heteroatoms. The fourth-order valence-corrected chi connectivity index (χ4v) is 4.08. The van der Waals surface area contributed by atoms with Crippen molar-refractivity contribution in [2.45, 2.75) is 12.3 Å². The third-order valence-corrected chi connectivity index (χ3v) is 5.01. The van der Waals surface area contributed by atoms with E-state index >= 15 is 0 Å². The molecule has 1 unspecified atom stereocenters. The molecular weight excluding hydrogens is 262 g/mol. The average molecular weight is 278 g/mol. The molecule has 0 fully saturated rings. The number of rotatable bonds is 1. The summed E-state index contributed by atoms with van der Waals surface area (Å²) < 4.78 is 0.922. The van der Waals surface area contributed by atoms with Crippen LogP contribution >= 0.6 is 22.9 Å². The molecule has 0 saturated heterocycles. The van der Waals surface area contributed by atoms with Crippen LogP contribution in [-0.4, -0.2) is 25.0 Å². The van der Waals surface area contributed by atoms with Gasteiger partial charge in [-0.15, -0.1) is 11.3 Å². The van der Waals surface area contributed by atoms with E-state index in [1.54, 1.807) is 11.3 Å². The van der Waals surface area contributed by atoms with Crippen molar-refractivity contribution in [1.29, 1.82) is 0 Å². The Morgan fingerprint density at radius 2 is 2.06 bits per heavy atom. The number of thiophene rings is 1. The van der Waals surface area contributed by atoms with Crippen molar-refractivity contribution in [1.82, 2.24) is 4.90 Å². The first-order chi connectivity index (χ1) is 8.74. The zero-order valence-electron chi connectivity index (χ0n) is 10.4. The van der Waals surface area contributed by atoms with Gasteiger partial charge in [0.1, 0.15) is 0 Å². The monoisotopic (exact) mass is 277 g/mol. The lowest BCUT2D eigenvalue weighted by atomic mass is 9.95. The highest BCUT2D eigenvalue weighted by Gasteiger charge is 2.24. The SMILES string of the molecule is CN1CCc2cc(Cl)sc2C(c2ccccc2)C1. The lowest BCUT2D eigenvalue weighted by molar-refractivity contribution is 0.338. The molecule has 3 rings (SSSR count). The molecule has 0 bridgehead atoms. The van der Waals surface area contributed by atoms with Crippen LogP contribution in [0.4, 0.5) is 0 Å². The summed E-state index contributed by atoms with van der Waals surface area (Å²) in [5.74, 6) is 0.464. The summed E-state index contributed by atoms with van der Waals surface area (Å²) in [4.78, 5) is 3.87. The van der Waals surface area contributed by atoms with Crippen LogP contribution in [0.25, 0.3) is 0 Å². The minimum absolute atomic E-state index is 0.464. The average Bonchev–Trinajstić information content (AvgIpc) is 2.68. The Morgan fingerprint density at radius 3 is 2.83 bits per heavy atom. The fourth-order valence-electron chi connectivity index (χ4n) is 2.64. The molecule has 1 nitrogen and oxygen atoms in total. The van der Waals surface area contributed by atoms with Gasteiger partial charge in [0, 0.05) is 23.9 Å². The Balaban J connectivity index is 2.06. The van der Waals surface area contributed by atoms with E-state index in [-0.39, 0.29) is 0 Å². The Morgan fingerprint density at radius 1 is 1.28 bits per heavy atom. The molecule has 0 saturated carbocycles. The minimum atomic E-state index is 0.464. The molecule has 0 amide bonds. The second-order valence-electron chi connectivity index (χ2n) is 4.92. The van der Waals surface area contributed by atoms with Crippen LogP contribution in [0, 0.1) is 0 Å². The van der Waals surface area contributed by atoms with Gasteiger partial charge in [-0.1, -0.05) is 41.9 Å². The molecule has 0 aliphatic carbocycles. The standard InChI is InChI=1S/C15H16ClNS/c1-17-8-7-12-9-14(16)18-15(12)13(10-17)11-5-3-2-4-6-11/h2-6,9,13H,7-8,10H2,1H3. The second kappa shape index (κ2) is 5.04. The molecule has 0 N–H and O–H groups in total. The van der Waals surface area contributed by atoms with Crippen molar-refractivity contribution in [2.75, 3.05) is 20.1 Å². The summed E-state index contributed by atoms with van der Waals surface area (Å²) in [5.41, 5.74) is 2.83. The van der Waals surface area contributed by atoms with Crippen LogP contribution in [0.3, 0.4) is 0 Å². The number of benzene rings is 1. The number of halogens is 1. The molecule has 2 heterocycles. The molecular formula is C15H16ClNS. The number of hydrogen-bond donors (Lipinski definition) is 0. The van der Waals surface area contributed by atoms with Crippen molar-refractivity contribution in [3.8, 4) is 0 Å². The first-order valence-corrected chi connectivity index (χ1v) is 7.45. The summed E-state index contributed by atoms with van der Waals surface area (Å²) in [6.45, 7) is 2.19. The molecule has 1 aromatic carbocycles. The van der Waals surface area contributed by atoms with Gasteiger partial charge in [-0.25, -0.2) is 0 Å². The highest BCUT2D eigenvalue weighted by molar-refractivity contribution is 7.16. The normalized spacial score (nSPS) is 20.4. The minimum Gasteiger partial charge on any atom is -0.305 e. The molecule has 18 heavy (non-hydrogen) atoms. The van der Waals surface area contributed by atoms with Crippen LogP contribution in [0.2, 0.25) is 4.34 Å². The molecule has 1 aromatic heterocycles. The van der Waals surface area contributed by atoms with E-state index in [1.165, 1.54) is 16.0 Å². The van der Waals surface area contributed by atoms with E-state index in [0.29, 0.717) is 5.92 Å². The zero-order valence-corrected chi connectivity index (χ0v) is 12.0. The molecule has 1 aliphatic heterocycles. The van der Waals surface area contributed by atoms with Gasteiger partial charge >= 0.3 is 0 Å². The summed E-state index contributed by atoms with van der Waals surface area (Å²) in [5, 5.41) is 0. The first-order valence-electron chi connectivity index (χ1n) is 6.25. The topological polar surface area (TPSA) is 3.24 Å². The smallest absolute Gasteiger partial charge is 0.0934 e. The van der Waals surface area contributed by atoms with E-state index in [4.69, 9.17) is 11.6 Å². The quantitative estimate of drug-likeness (QED) is 0.761. The predicted octanol–water partition coefficient (Wildman–Crippen LogP) is 4.02. The van der Waals surface area contributed by atoms with Crippen LogP contribution in [0.15, 0.2) is 36.4 Å². The highest BCUT2D eigenvalue weighted by Crippen LogP contribution is 2.38. The molecule has 2 aromatic rings. The maximum absolute atomic E-state index is 6.20. The van der Waals surface area contributed by atoms with Crippen molar-refractivity contribution >= 4 is 22.9 Å². The van der Waals surface area contributed by atoms with Crippen molar-refractivity contribution in [3.63, 3.8) is 0 Å². The molecule has 0 radical (unpaired) electrons. The van der Waals surface area contributed by atoms with E-state index in [2.05, 4.69) is 48.3 Å². The lowest BCUT2D eigenvalue weighted by Crippen LogP contribution is -2.24. The number of likely N-dealkylation sites (N-methyl/N-ethyl adjacent to an activating group) is 1. The molecule has 1 aliphatic rings. The van der Waals surface area contributed by atoms with Gasteiger partial charge in [0.25, 0.3) is 0 Å². The van der Waals surface area contributed by atoms with Crippen LogP contribution in [0.5, 0.6) is 0 Å². The number of nitrogens with zero attached hydrogens (tertiary/aromatic N) is 1. The molecule has 0 spiro atoms. The molecule has 1 atom stereocenters. The first kappa shape index (κ1) is 12.2. The Bertz CT molecular complexity index is 535. The van der Waals surface area contributed by atoms with E-state index in [0.717, 1.165) is 23.8 Å². The van der Waals surface area contributed by atoms with Crippen LogP contribution in [0.1, 0.15) is 21.9 Å². The third kappa shape index (κ3) is 2.33. The summed E-state index contributed by atoms with van der Waals surface area (Å²) >= 11 is 7.95. The van der Waals surface area contributed by atoms with E-state index in [1.807, 2.05) is 0 Å². The van der Waals surface area contributed by atoms with Crippen LogP contribution < -0.4 is 0 Å². The van der Waals surface area contributed by atoms with Gasteiger partial charge in [-0.3, -0.25) is 0 Å². The van der Waals surface area contributed by atoms with E-state index < -0.39 is 0 Å². The highest BCUT2D eigenvalue weighted by atomic mass is 35.5. The Kier molecular flexibility index (Phi) is 3.42. The zero-order chi connectivity index (χ0) is 12.5. The molecule has 94 valence electrons. The van der Waals surface area contributed by atoms with Gasteiger partial charge in [-0.05, 0) is 30.7 Å².